The topological polar surface area (TPSA) is 28.9 Å². The predicted molar refractivity (Wildman–Crippen MR) is 47.5 cm³/mol. The molecule has 0 spiro atoms. The summed E-state index contributed by atoms with van der Waals surface area (Å²) >= 11 is 10.5. The first-order chi connectivity index (χ1) is 5.25. The molecule has 0 aliphatic rings. The number of aromatic amines is 1. The minimum atomic E-state index is 0. The number of H-pyrrole nitrogens is 1. The molecule has 0 radical (unpaired) electrons. The molecule has 5 heteroatoms. The van der Waals surface area contributed by atoms with E-state index in [1.165, 1.54) is 0 Å². The Morgan fingerprint density at radius 3 is 3.00 bits per heavy atom. The third kappa shape index (κ3) is 2.20. The monoisotopic (exact) mass is 225 g/mol. The fourth-order valence-electron chi connectivity index (χ4n) is 0.919. The van der Waals surface area contributed by atoms with Gasteiger partial charge in [0, 0.05) is 11.1 Å². The van der Waals surface area contributed by atoms with Gasteiger partial charge in [-0.05, 0) is 24.4 Å². The molecule has 12 heavy (non-hydrogen) atoms. The molecule has 0 aliphatic carbocycles. The van der Waals surface area contributed by atoms with Crippen molar-refractivity contribution in [3.8, 4) is 0 Å². The minimum absolute atomic E-state index is 0. The van der Waals surface area contributed by atoms with Crippen LogP contribution in [0.3, 0.4) is 0 Å². The molecule has 2 aromatic rings. The average Bonchev–Trinajstić information content (AvgIpc) is 2.27. The number of benzene rings is 1. The quantitative estimate of drug-likeness (QED) is 0.515. The number of aromatic nitrogens is 1. The normalized spacial score (nSPS) is 9.75. The van der Waals surface area contributed by atoms with Gasteiger partial charge in [-0.25, -0.2) is 0 Å². The first kappa shape index (κ1) is 10.9. The van der Waals surface area contributed by atoms with Crippen molar-refractivity contribution in [1.29, 1.82) is 0 Å². The molecule has 2 rings (SSSR count). The summed E-state index contributed by atoms with van der Waals surface area (Å²) in [6.07, 6.45) is 0. The van der Waals surface area contributed by atoms with E-state index in [0.29, 0.717) is 15.4 Å². The Morgan fingerprint density at radius 1 is 1.50 bits per heavy atom. The van der Waals surface area contributed by atoms with Gasteiger partial charge in [-0.15, -0.1) is 0 Å². The van der Waals surface area contributed by atoms with E-state index in [4.69, 9.17) is 28.2 Å². The Morgan fingerprint density at radius 2 is 2.25 bits per heavy atom. The standard InChI is InChI=1S/C7H4ClNOS.K.H/c8-4-1-2-5-6(3-4)10-7(11)9-5;;/h1-3H,(H,9,11);;/q;+1;-1. The van der Waals surface area contributed by atoms with Gasteiger partial charge in [0.05, 0.1) is 5.52 Å². The Kier molecular flexibility index (Phi) is 3.97. The second-order valence-electron chi connectivity index (χ2n) is 2.16. The van der Waals surface area contributed by atoms with Crippen molar-refractivity contribution in [2.24, 2.45) is 0 Å². The Balaban J connectivity index is 0.000000720. The molecule has 1 heterocycles. The maximum atomic E-state index is 5.72. The summed E-state index contributed by atoms with van der Waals surface area (Å²) < 4.78 is 5.12. The minimum Gasteiger partial charge on any atom is -1.00 e. The van der Waals surface area contributed by atoms with Crippen molar-refractivity contribution in [1.82, 2.24) is 4.98 Å². The largest absolute Gasteiger partial charge is 1.00 e. The summed E-state index contributed by atoms with van der Waals surface area (Å²) in [5, 5.41) is 0.648. The molecule has 0 fully saturated rings. The molecule has 1 aromatic heterocycles. The van der Waals surface area contributed by atoms with Gasteiger partial charge >= 0.3 is 51.4 Å². The fraction of sp³-hybridized carbons (Fsp3) is 0. The van der Waals surface area contributed by atoms with Gasteiger partial charge in [0.25, 0.3) is 4.84 Å². The third-order valence-electron chi connectivity index (χ3n) is 1.38. The van der Waals surface area contributed by atoms with Crippen molar-refractivity contribution >= 4 is 34.9 Å². The molecule has 58 valence electrons. The van der Waals surface area contributed by atoms with Crippen LogP contribution in [0.15, 0.2) is 22.6 Å². The zero-order valence-corrected chi connectivity index (χ0v) is 11.1. The van der Waals surface area contributed by atoms with Crippen molar-refractivity contribution in [3.63, 3.8) is 0 Å². The maximum absolute atomic E-state index is 5.72. The van der Waals surface area contributed by atoms with Crippen LogP contribution in [-0.4, -0.2) is 4.98 Å². The maximum Gasteiger partial charge on any atom is 1.00 e. The van der Waals surface area contributed by atoms with Crippen LogP contribution in [0.4, 0.5) is 0 Å². The van der Waals surface area contributed by atoms with Crippen molar-refractivity contribution in [3.05, 3.63) is 28.1 Å². The molecule has 0 amide bonds. The van der Waals surface area contributed by atoms with E-state index >= 15 is 0 Å². The van der Waals surface area contributed by atoms with Crippen LogP contribution >= 0.6 is 23.8 Å². The predicted octanol–water partition coefficient (Wildman–Crippen LogP) is 0.260. The summed E-state index contributed by atoms with van der Waals surface area (Å²) in [6.45, 7) is 0. The van der Waals surface area contributed by atoms with Gasteiger partial charge in [0.1, 0.15) is 0 Å². The van der Waals surface area contributed by atoms with Gasteiger partial charge < -0.3 is 10.8 Å². The number of hydrogen-bond donors (Lipinski definition) is 1. The Bertz CT molecular complexity index is 455. The first-order valence-electron chi connectivity index (χ1n) is 3.04. The summed E-state index contributed by atoms with van der Waals surface area (Å²) in [7, 11) is 0. The van der Waals surface area contributed by atoms with Gasteiger partial charge in [0.15, 0.2) is 5.58 Å². The van der Waals surface area contributed by atoms with Gasteiger partial charge in [-0.3, -0.25) is 0 Å². The Labute approximate surface area is 123 Å². The van der Waals surface area contributed by atoms with Crippen LogP contribution in [0.5, 0.6) is 0 Å². The number of hydrogen-bond acceptors (Lipinski definition) is 2. The Hall–Kier alpha value is 0.836. The molecule has 0 atom stereocenters. The van der Waals surface area contributed by atoms with Gasteiger partial charge in [-0.2, -0.15) is 0 Å². The number of fused-ring (bicyclic) bond motifs is 1. The smallest absolute Gasteiger partial charge is 1.00 e. The van der Waals surface area contributed by atoms with Crippen LogP contribution in [0, 0.1) is 4.84 Å². The average molecular weight is 226 g/mol. The molecule has 0 saturated carbocycles. The molecular weight excluding hydrogens is 221 g/mol. The van der Waals surface area contributed by atoms with Crippen LogP contribution in [-0.2, 0) is 0 Å². The molecule has 1 N–H and O–H groups in total. The second kappa shape index (κ2) is 4.37. The van der Waals surface area contributed by atoms with E-state index in [1.54, 1.807) is 12.1 Å². The van der Waals surface area contributed by atoms with Crippen LogP contribution < -0.4 is 51.4 Å². The summed E-state index contributed by atoms with van der Waals surface area (Å²) in [4.78, 5) is 3.25. The molecule has 0 bridgehead atoms. The fourth-order valence-corrected chi connectivity index (χ4v) is 1.28. The zero-order chi connectivity index (χ0) is 7.84. The summed E-state index contributed by atoms with van der Waals surface area (Å²) in [6, 6.07) is 5.34. The van der Waals surface area contributed by atoms with E-state index in [0.717, 1.165) is 5.52 Å². The summed E-state index contributed by atoms with van der Waals surface area (Å²) in [5.41, 5.74) is 1.57. The zero-order valence-electron chi connectivity index (χ0n) is 7.43. The van der Waals surface area contributed by atoms with E-state index in [-0.39, 0.29) is 52.8 Å². The molecule has 2 nitrogen and oxygen atoms in total. The van der Waals surface area contributed by atoms with Gasteiger partial charge in [0.2, 0.25) is 0 Å². The van der Waals surface area contributed by atoms with Crippen molar-refractivity contribution < 1.29 is 57.2 Å². The molecule has 0 saturated heterocycles. The second-order valence-corrected chi connectivity index (χ2v) is 2.96. The van der Waals surface area contributed by atoms with Gasteiger partial charge in [-0.1, -0.05) is 11.6 Å². The summed E-state index contributed by atoms with van der Waals surface area (Å²) in [5.74, 6) is 0. The molecule has 0 unspecified atom stereocenters. The number of rotatable bonds is 0. The number of oxazole rings is 1. The van der Waals surface area contributed by atoms with E-state index in [9.17, 15) is 0 Å². The van der Waals surface area contributed by atoms with Crippen molar-refractivity contribution in [2.45, 2.75) is 0 Å². The van der Waals surface area contributed by atoms with E-state index in [1.807, 2.05) is 6.07 Å². The van der Waals surface area contributed by atoms with Crippen molar-refractivity contribution in [2.75, 3.05) is 0 Å². The van der Waals surface area contributed by atoms with Crippen LogP contribution in [0.1, 0.15) is 1.43 Å². The molecular formula is C7H5ClKNOS. The molecule has 0 aliphatic heterocycles. The van der Waals surface area contributed by atoms with Crippen LogP contribution in [0.25, 0.3) is 11.1 Å². The first-order valence-corrected chi connectivity index (χ1v) is 3.83. The van der Waals surface area contributed by atoms with E-state index in [2.05, 4.69) is 4.98 Å². The van der Waals surface area contributed by atoms with Crippen LogP contribution in [0.2, 0.25) is 5.02 Å². The van der Waals surface area contributed by atoms with E-state index < -0.39 is 0 Å². The number of nitrogens with one attached hydrogen (secondary N) is 1. The molecule has 1 aromatic carbocycles. The third-order valence-corrected chi connectivity index (χ3v) is 1.80. The number of halogens is 1. The SMILES string of the molecule is S=c1[nH]c2ccc(Cl)cc2o1.[H-].[K+].